The molecule has 0 N–H and O–H groups in total. The van der Waals surface area contributed by atoms with Crippen LogP contribution >= 0.6 is 0 Å². The Balaban J connectivity index is 0.000000229. The second-order valence-corrected chi connectivity index (χ2v) is 25.4. The Morgan fingerprint density at radius 1 is 0.411 bits per heavy atom. The van der Waals surface area contributed by atoms with Crippen LogP contribution in [-0.2, 0) is 45.8 Å². The summed E-state index contributed by atoms with van der Waals surface area (Å²) >= 11 is 0. The van der Waals surface area contributed by atoms with E-state index >= 15 is 0 Å². The molecule has 0 bridgehead atoms. The molecular formula is C68H83IrN4-. The van der Waals surface area contributed by atoms with E-state index in [1.807, 2.05) is 6.07 Å². The summed E-state index contributed by atoms with van der Waals surface area (Å²) in [5.41, 5.74) is 21.2. The molecule has 385 valence electrons. The molecule has 10 rings (SSSR count). The predicted octanol–water partition coefficient (Wildman–Crippen LogP) is 19.3. The number of hydrogen-bond donors (Lipinski definition) is 0. The summed E-state index contributed by atoms with van der Waals surface area (Å²) in [4.78, 5) is 9.98. The summed E-state index contributed by atoms with van der Waals surface area (Å²) in [6, 6.07) is 41.6. The average molecular weight is 1150 g/mol. The minimum absolute atomic E-state index is 0. The number of hydrogen-bond acceptors (Lipinski definition) is 2. The van der Waals surface area contributed by atoms with Gasteiger partial charge in [-0.15, -0.1) is 29.7 Å². The number of aryl methyl sites for hydroxylation is 4. The zero-order chi connectivity index (χ0) is 50.2. The fourth-order valence-corrected chi connectivity index (χ4v) is 11.2. The van der Waals surface area contributed by atoms with Gasteiger partial charge in [-0.3, -0.25) is 9.38 Å². The molecule has 0 unspecified atom stereocenters. The molecule has 0 aliphatic heterocycles. The number of nitrogens with zero attached hydrogens (tertiary/aromatic N) is 4. The van der Waals surface area contributed by atoms with Crippen LogP contribution in [0.1, 0.15) is 142 Å². The van der Waals surface area contributed by atoms with Gasteiger partial charge >= 0.3 is 0 Å². The van der Waals surface area contributed by atoms with Gasteiger partial charge in [0, 0.05) is 53.7 Å². The van der Waals surface area contributed by atoms with E-state index in [9.17, 15) is 0 Å². The fourth-order valence-electron chi connectivity index (χ4n) is 11.2. The second kappa shape index (κ2) is 21.0. The van der Waals surface area contributed by atoms with Crippen molar-refractivity contribution in [3.8, 4) is 22.5 Å². The molecule has 0 aliphatic carbocycles. The van der Waals surface area contributed by atoms with Crippen molar-refractivity contribution in [2.75, 3.05) is 0 Å². The van der Waals surface area contributed by atoms with Crippen LogP contribution in [0.3, 0.4) is 0 Å². The molecule has 4 heterocycles. The standard InChI is InChI=1S/C33H38N2.C33H37N2.2CH4.Ir/c2*1-21-12-11-13-22(2)30(21)29-20-34-31-26-15-10-9-14-25(26)27-16-23(18-32(3,4)5)24(19-33(6,7)8)17-28(27)35(29)31;;;/h9-17,20H,18-19H2,1-8H3;9-14,16-17,20H,18-19H2,1-8H3;2*1H4;/q;-1;;;. The van der Waals surface area contributed by atoms with Gasteiger partial charge in [0.15, 0.2) is 0 Å². The molecule has 5 heteroatoms. The molecule has 73 heavy (non-hydrogen) atoms. The summed E-state index contributed by atoms with van der Waals surface area (Å²) in [6.07, 6.45) is 8.34. The molecule has 6 aromatic carbocycles. The van der Waals surface area contributed by atoms with Crippen LogP contribution in [0, 0.1) is 55.4 Å². The molecule has 0 saturated heterocycles. The largest absolute Gasteiger partial charge is 0.333 e. The second-order valence-electron chi connectivity index (χ2n) is 25.4. The number of rotatable bonds is 6. The Bertz CT molecular complexity index is 3350. The van der Waals surface area contributed by atoms with Gasteiger partial charge in [0.2, 0.25) is 0 Å². The number of aromatic nitrogens is 4. The minimum Gasteiger partial charge on any atom is -0.333 e. The summed E-state index contributed by atoms with van der Waals surface area (Å²) in [7, 11) is 0. The topological polar surface area (TPSA) is 34.6 Å². The molecule has 4 nitrogen and oxygen atoms in total. The monoisotopic (exact) mass is 1150 g/mol. The van der Waals surface area contributed by atoms with Crippen LogP contribution in [0.15, 0.2) is 116 Å². The van der Waals surface area contributed by atoms with Gasteiger partial charge in [0.1, 0.15) is 5.65 Å². The maximum atomic E-state index is 5.00. The number of fused-ring (bicyclic) bond motifs is 12. The van der Waals surface area contributed by atoms with Gasteiger partial charge in [-0.25, -0.2) is 4.98 Å². The Kier molecular flexibility index (Phi) is 16.3. The quantitative estimate of drug-likeness (QED) is 0.123. The third-order valence-corrected chi connectivity index (χ3v) is 13.8. The first-order valence-electron chi connectivity index (χ1n) is 25.6. The minimum atomic E-state index is 0. The Labute approximate surface area is 452 Å². The molecule has 0 saturated carbocycles. The zero-order valence-corrected chi connectivity index (χ0v) is 47.8. The number of benzene rings is 6. The van der Waals surface area contributed by atoms with Gasteiger partial charge < -0.3 is 4.40 Å². The first kappa shape index (κ1) is 56.7. The smallest absolute Gasteiger partial charge is 0.145 e. The molecule has 4 aromatic heterocycles. The molecular weight excluding hydrogens is 1060 g/mol. The van der Waals surface area contributed by atoms with Crippen LogP contribution in [-0.4, -0.2) is 18.8 Å². The SMILES string of the molecule is C.C.Cc1cccc(C)c1-c1cnc2c3[c-]cccc3c3cc(CC(C)(C)C)c(CC(C)(C)C)cc3n12.Cc1cccc(C)c1-c1cnc2c3ccccc3c3cc(CC(C)(C)C)c(CC(C)(C)C)cc3n12.[Ir]. The summed E-state index contributed by atoms with van der Waals surface area (Å²) < 4.78 is 4.80. The maximum absolute atomic E-state index is 5.00. The molecule has 0 atom stereocenters. The van der Waals surface area contributed by atoms with E-state index in [2.05, 4.69) is 235 Å². The summed E-state index contributed by atoms with van der Waals surface area (Å²) in [5.74, 6) is 0. The van der Waals surface area contributed by atoms with Crippen molar-refractivity contribution in [1.82, 2.24) is 18.8 Å². The first-order chi connectivity index (χ1) is 32.9. The van der Waals surface area contributed by atoms with Crippen molar-refractivity contribution >= 4 is 54.6 Å². The van der Waals surface area contributed by atoms with E-state index < -0.39 is 0 Å². The maximum Gasteiger partial charge on any atom is 0.145 e. The zero-order valence-electron chi connectivity index (χ0n) is 45.4. The van der Waals surface area contributed by atoms with E-state index in [1.165, 1.54) is 99.3 Å². The normalized spacial score (nSPS) is 12.3. The van der Waals surface area contributed by atoms with Crippen LogP contribution < -0.4 is 0 Å². The first-order valence-corrected chi connectivity index (χ1v) is 25.6. The number of pyridine rings is 2. The molecule has 0 fully saturated rings. The van der Waals surface area contributed by atoms with E-state index in [0.29, 0.717) is 0 Å². The van der Waals surface area contributed by atoms with Gasteiger partial charge in [-0.05, 0) is 149 Å². The summed E-state index contributed by atoms with van der Waals surface area (Å²) in [5, 5.41) is 7.41. The fraction of sp³-hybridized carbons (Fsp3) is 0.382. The molecule has 0 amide bonds. The summed E-state index contributed by atoms with van der Waals surface area (Å²) in [6.45, 7) is 36.9. The van der Waals surface area contributed by atoms with E-state index in [-0.39, 0.29) is 56.6 Å². The van der Waals surface area contributed by atoms with E-state index in [4.69, 9.17) is 9.97 Å². The molecule has 10 aromatic rings. The van der Waals surface area contributed by atoms with Crippen LogP contribution in [0.4, 0.5) is 0 Å². The van der Waals surface area contributed by atoms with Crippen molar-refractivity contribution in [1.29, 1.82) is 0 Å². The molecule has 0 spiro atoms. The Hall–Kier alpha value is -5.61. The van der Waals surface area contributed by atoms with Crippen LogP contribution in [0.25, 0.3) is 77.2 Å². The van der Waals surface area contributed by atoms with E-state index in [0.717, 1.165) is 48.1 Å². The third-order valence-electron chi connectivity index (χ3n) is 13.8. The molecule has 0 aliphatic rings. The van der Waals surface area contributed by atoms with Crippen molar-refractivity contribution in [2.45, 2.75) is 151 Å². The van der Waals surface area contributed by atoms with Crippen molar-refractivity contribution in [3.05, 3.63) is 166 Å². The Morgan fingerprint density at radius 2 is 0.767 bits per heavy atom. The van der Waals surface area contributed by atoms with Gasteiger partial charge in [0.05, 0.1) is 28.7 Å². The van der Waals surface area contributed by atoms with E-state index in [1.54, 1.807) is 0 Å². The predicted molar refractivity (Wildman–Crippen MR) is 315 cm³/mol. The van der Waals surface area contributed by atoms with Crippen molar-refractivity contribution < 1.29 is 20.1 Å². The van der Waals surface area contributed by atoms with Gasteiger partial charge in [0.25, 0.3) is 0 Å². The van der Waals surface area contributed by atoms with Crippen LogP contribution in [0.5, 0.6) is 0 Å². The van der Waals surface area contributed by atoms with Crippen LogP contribution in [0.2, 0.25) is 0 Å². The van der Waals surface area contributed by atoms with Gasteiger partial charge in [-0.1, -0.05) is 170 Å². The van der Waals surface area contributed by atoms with Crippen molar-refractivity contribution in [2.24, 2.45) is 21.7 Å². The average Bonchev–Trinajstić information content (AvgIpc) is 3.89. The molecule has 1 radical (unpaired) electrons. The third kappa shape index (κ3) is 11.5. The van der Waals surface area contributed by atoms with Gasteiger partial charge in [-0.2, -0.15) is 0 Å². The Morgan fingerprint density at radius 3 is 1.19 bits per heavy atom. The van der Waals surface area contributed by atoms with Crippen molar-refractivity contribution in [3.63, 3.8) is 0 Å². The number of imidazole rings is 2.